The molecule has 2 rings (SSSR count). The molecule has 0 saturated heterocycles. The standard InChI is InChI=1S/C15H18N2O2/c1-3-12-5-7-13(8-6-12)11-17-10-9-16-14(17)15(18)19-4-2/h5-10H,3-4,11H2,1-2H3. The Bertz CT molecular complexity index is 544. The first-order valence-electron chi connectivity index (χ1n) is 6.50. The summed E-state index contributed by atoms with van der Waals surface area (Å²) < 4.78 is 6.78. The second-order valence-corrected chi connectivity index (χ2v) is 4.27. The quantitative estimate of drug-likeness (QED) is 0.774. The van der Waals surface area contributed by atoms with E-state index in [1.807, 2.05) is 0 Å². The van der Waals surface area contributed by atoms with Gasteiger partial charge in [0.15, 0.2) is 0 Å². The molecule has 1 aromatic heterocycles. The van der Waals surface area contributed by atoms with E-state index in [9.17, 15) is 4.79 Å². The third kappa shape index (κ3) is 3.22. The average molecular weight is 258 g/mol. The van der Waals surface area contributed by atoms with E-state index in [-0.39, 0.29) is 5.97 Å². The van der Waals surface area contributed by atoms with Crippen LogP contribution in [0.4, 0.5) is 0 Å². The molecule has 0 aliphatic rings. The van der Waals surface area contributed by atoms with Gasteiger partial charge in [0.1, 0.15) is 0 Å². The molecule has 4 nitrogen and oxygen atoms in total. The molecule has 0 aliphatic heterocycles. The molecule has 0 radical (unpaired) electrons. The van der Waals surface area contributed by atoms with Crippen LogP contribution in [0.3, 0.4) is 0 Å². The first-order valence-corrected chi connectivity index (χ1v) is 6.50. The molecule has 1 heterocycles. The van der Waals surface area contributed by atoms with Crippen molar-refractivity contribution in [2.24, 2.45) is 0 Å². The second kappa shape index (κ2) is 6.18. The van der Waals surface area contributed by atoms with Crippen molar-refractivity contribution in [3.63, 3.8) is 0 Å². The van der Waals surface area contributed by atoms with Crippen LogP contribution in [0.5, 0.6) is 0 Å². The largest absolute Gasteiger partial charge is 0.460 e. The Hall–Kier alpha value is -2.10. The number of carbonyl (C=O) groups excluding carboxylic acids is 1. The maximum atomic E-state index is 11.7. The molecule has 0 aliphatic carbocycles. The normalized spacial score (nSPS) is 10.4. The molecular formula is C15H18N2O2. The summed E-state index contributed by atoms with van der Waals surface area (Å²) >= 11 is 0. The van der Waals surface area contributed by atoms with Crippen LogP contribution in [-0.4, -0.2) is 22.1 Å². The van der Waals surface area contributed by atoms with Crippen LogP contribution in [0.15, 0.2) is 36.7 Å². The van der Waals surface area contributed by atoms with Crippen molar-refractivity contribution in [1.29, 1.82) is 0 Å². The van der Waals surface area contributed by atoms with Gasteiger partial charge in [0.25, 0.3) is 0 Å². The van der Waals surface area contributed by atoms with Crippen molar-refractivity contribution < 1.29 is 9.53 Å². The summed E-state index contributed by atoms with van der Waals surface area (Å²) in [6, 6.07) is 8.37. The highest BCUT2D eigenvalue weighted by molar-refractivity contribution is 5.85. The van der Waals surface area contributed by atoms with E-state index >= 15 is 0 Å². The van der Waals surface area contributed by atoms with Gasteiger partial charge in [-0.15, -0.1) is 0 Å². The maximum Gasteiger partial charge on any atom is 0.374 e. The number of ether oxygens (including phenoxy) is 1. The lowest BCUT2D eigenvalue weighted by Gasteiger charge is -2.08. The van der Waals surface area contributed by atoms with Gasteiger partial charge in [-0.1, -0.05) is 31.2 Å². The van der Waals surface area contributed by atoms with Crippen LogP contribution in [0.2, 0.25) is 0 Å². The maximum absolute atomic E-state index is 11.7. The van der Waals surface area contributed by atoms with Crippen LogP contribution in [-0.2, 0) is 17.7 Å². The third-order valence-corrected chi connectivity index (χ3v) is 2.96. The van der Waals surface area contributed by atoms with Crippen LogP contribution in [0.1, 0.15) is 35.6 Å². The molecule has 0 atom stereocenters. The number of aromatic nitrogens is 2. The molecule has 0 bridgehead atoms. The number of rotatable bonds is 5. The van der Waals surface area contributed by atoms with Gasteiger partial charge in [0, 0.05) is 18.9 Å². The fraction of sp³-hybridized carbons (Fsp3) is 0.333. The van der Waals surface area contributed by atoms with Crippen molar-refractivity contribution in [2.45, 2.75) is 26.8 Å². The number of esters is 1. The predicted octanol–water partition coefficient (Wildman–Crippen LogP) is 2.67. The molecule has 19 heavy (non-hydrogen) atoms. The fourth-order valence-electron chi connectivity index (χ4n) is 1.90. The van der Waals surface area contributed by atoms with Gasteiger partial charge in [-0.25, -0.2) is 9.78 Å². The number of hydrogen-bond acceptors (Lipinski definition) is 3. The summed E-state index contributed by atoms with van der Waals surface area (Å²) in [7, 11) is 0. The second-order valence-electron chi connectivity index (χ2n) is 4.27. The van der Waals surface area contributed by atoms with Crippen LogP contribution < -0.4 is 0 Å². The minimum Gasteiger partial charge on any atom is -0.460 e. The molecule has 2 aromatic rings. The summed E-state index contributed by atoms with van der Waals surface area (Å²) in [5, 5.41) is 0. The highest BCUT2D eigenvalue weighted by Gasteiger charge is 2.13. The number of nitrogens with zero attached hydrogens (tertiary/aromatic N) is 2. The zero-order valence-electron chi connectivity index (χ0n) is 11.3. The lowest BCUT2D eigenvalue weighted by atomic mass is 10.1. The molecule has 4 heteroatoms. The topological polar surface area (TPSA) is 44.1 Å². The van der Waals surface area contributed by atoms with E-state index in [1.165, 1.54) is 5.56 Å². The lowest BCUT2D eigenvalue weighted by molar-refractivity contribution is 0.0507. The monoisotopic (exact) mass is 258 g/mol. The Balaban J connectivity index is 2.14. The van der Waals surface area contributed by atoms with Crippen molar-refractivity contribution in [3.05, 3.63) is 53.6 Å². The number of hydrogen-bond donors (Lipinski definition) is 0. The summed E-state index contributed by atoms with van der Waals surface area (Å²) in [5.41, 5.74) is 2.45. The van der Waals surface area contributed by atoms with E-state index in [1.54, 1.807) is 23.9 Å². The van der Waals surface area contributed by atoms with Crippen molar-refractivity contribution in [2.75, 3.05) is 6.61 Å². The molecule has 0 N–H and O–H groups in total. The van der Waals surface area contributed by atoms with E-state index < -0.39 is 0 Å². The van der Waals surface area contributed by atoms with Crippen molar-refractivity contribution in [1.82, 2.24) is 9.55 Å². The van der Waals surface area contributed by atoms with Crippen LogP contribution in [0, 0.1) is 0 Å². The van der Waals surface area contributed by atoms with E-state index in [0.717, 1.165) is 12.0 Å². The molecule has 100 valence electrons. The number of aryl methyl sites for hydroxylation is 1. The van der Waals surface area contributed by atoms with Gasteiger partial charge in [0.2, 0.25) is 5.82 Å². The van der Waals surface area contributed by atoms with Gasteiger partial charge >= 0.3 is 5.97 Å². The third-order valence-electron chi connectivity index (χ3n) is 2.96. The van der Waals surface area contributed by atoms with Gasteiger partial charge in [-0.3, -0.25) is 0 Å². The van der Waals surface area contributed by atoms with Gasteiger partial charge in [0.05, 0.1) is 6.61 Å². The first kappa shape index (κ1) is 13.3. The highest BCUT2D eigenvalue weighted by Crippen LogP contribution is 2.09. The van der Waals surface area contributed by atoms with E-state index in [0.29, 0.717) is 19.0 Å². The zero-order chi connectivity index (χ0) is 13.7. The van der Waals surface area contributed by atoms with Crippen molar-refractivity contribution >= 4 is 5.97 Å². The van der Waals surface area contributed by atoms with Crippen LogP contribution in [0.25, 0.3) is 0 Å². The van der Waals surface area contributed by atoms with E-state index in [2.05, 4.69) is 36.2 Å². The Kier molecular flexibility index (Phi) is 4.34. The molecule has 0 saturated carbocycles. The highest BCUT2D eigenvalue weighted by atomic mass is 16.5. The Morgan fingerprint density at radius 3 is 2.53 bits per heavy atom. The summed E-state index contributed by atoms with van der Waals surface area (Å²) in [4.78, 5) is 15.8. The molecule has 1 aromatic carbocycles. The summed E-state index contributed by atoms with van der Waals surface area (Å²) in [6.07, 6.45) is 4.44. The summed E-state index contributed by atoms with van der Waals surface area (Å²) in [5.74, 6) is -0.0286. The Labute approximate surface area is 113 Å². The smallest absolute Gasteiger partial charge is 0.374 e. The van der Waals surface area contributed by atoms with Gasteiger partial charge in [-0.2, -0.15) is 0 Å². The number of benzene rings is 1. The summed E-state index contributed by atoms with van der Waals surface area (Å²) in [6.45, 7) is 4.90. The number of carbonyl (C=O) groups is 1. The minimum atomic E-state index is -0.377. The Morgan fingerprint density at radius 1 is 1.21 bits per heavy atom. The molecule has 0 amide bonds. The predicted molar refractivity (Wildman–Crippen MR) is 73.1 cm³/mol. The first-order chi connectivity index (χ1) is 9.24. The number of imidazole rings is 1. The van der Waals surface area contributed by atoms with Gasteiger partial charge in [-0.05, 0) is 24.5 Å². The Morgan fingerprint density at radius 2 is 1.89 bits per heavy atom. The molecule has 0 unspecified atom stereocenters. The molecular weight excluding hydrogens is 240 g/mol. The van der Waals surface area contributed by atoms with Crippen molar-refractivity contribution in [3.8, 4) is 0 Å². The average Bonchev–Trinajstić information content (AvgIpc) is 2.88. The minimum absolute atomic E-state index is 0.349. The SMILES string of the molecule is CCOC(=O)c1nccn1Cc1ccc(CC)cc1. The lowest BCUT2D eigenvalue weighted by Crippen LogP contribution is -2.13. The van der Waals surface area contributed by atoms with Gasteiger partial charge < -0.3 is 9.30 Å². The zero-order valence-corrected chi connectivity index (χ0v) is 11.3. The van der Waals surface area contributed by atoms with E-state index in [4.69, 9.17) is 4.74 Å². The molecule has 0 spiro atoms. The van der Waals surface area contributed by atoms with Crippen LogP contribution >= 0.6 is 0 Å². The molecule has 0 fully saturated rings. The fourth-order valence-corrected chi connectivity index (χ4v) is 1.90.